The Hall–Kier alpha value is -4.52. The van der Waals surface area contributed by atoms with E-state index in [4.69, 9.17) is 15.2 Å². The van der Waals surface area contributed by atoms with Gasteiger partial charge in [0.2, 0.25) is 5.91 Å². The van der Waals surface area contributed by atoms with Crippen LogP contribution in [0.1, 0.15) is 49.3 Å². The molecule has 4 N–H and O–H groups in total. The zero-order valence-corrected chi connectivity index (χ0v) is 29.9. The molecule has 7 aliphatic rings. The van der Waals surface area contributed by atoms with E-state index in [0.29, 0.717) is 24.3 Å². The Balaban J connectivity index is 1.06. The molecule has 2 aromatic rings. The van der Waals surface area contributed by atoms with Gasteiger partial charge >= 0.3 is 11.9 Å². The lowest BCUT2D eigenvalue weighted by Crippen LogP contribution is -2.76. The fourth-order valence-corrected chi connectivity index (χ4v) is 10.4. The number of aliphatic hydroxyl groups is 1. The van der Waals surface area contributed by atoms with Crippen LogP contribution in [0.3, 0.4) is 0 Å². The Morgan fingerprint density at radius 1 is 1.02 bits per heavy atom. The zero-order chi connectivity index (χ0) is 36.5. The third-order valence-electron chi connectivity index (χ3n) is 13.0. The number of piperazine rings is 3. The summed E-state index contributed by atoms with van der Waals surface area (Å²) in [6, 6.07) is 11.8. The van der Waals surface area contributed by atoms with Gasteiger partial charge < -0.3 is 39.3 Å². The largest absolute Gasteiger partial charge is 0.485 e. The number of benzene rings is 2. The predicted octanol–water partition coefficient (Wildman–Crippen LogP) is 2.46. The van der Waals surface area contributed by atoms with Gasteiger partial charge in [-0.15, -0.1) is 0 Å². The van der Waals surface area contributed by atoms with Gasteiger partial charge in [-0.3, -0.25) is 9.59 Å². The fourth-order valence-electron chi connectivity index (χ4n) is 10.4. The molecule has 2 aliphatic carbocycles. The molecule has 2 bridgehead atoms. The van der Waals surface area contributed by atoms with Crippen molar-refractivity contribution in [3.8, 4) is 16.9 Å². The third kappa shape index (κ3) is 5.54. The van der Waals surface area contributed by atoms with Gasteiger partial charge in [0.05, 0.1) is 31.7 Å². The van der Waals surface area contributed by atoms with Gasteiger partial charge in [0, 0.05) is 29.6 Å². The quantitative estimate of drug-likeness (QED) is 0.119. The van der Waals surface area contributed by atoms with Crippen molar-refractivity contribution in [2.45, 2.75) is 57.3 Å². The topological polar surface area (TPSA) is 156 Å². The molecule has 5 heterocycles. The second-order valence-corrected chi connectivity index (χ2v) is 15.8. The minimum absolute atomic E-state index is 0.00541. The standard InChI is InChI=1S/C40H46N4O8/c1-23(45)34-37-27-8-4-10-31(36(27)38(40(49)50)42(37)39(34)48)52-30-9-3-7-25-29(21-33(47)51-2)28-20-24(11-12-26(28)35(25)30)6-5-13-43-14-17-44(18-15-43,19-16-43)22-32(41)46/h3,7,9,11-12,20-21,23,27,31,34,37,45H,4-6,8,10,13-19,22H2,1-2H3,(H-2,41,46,49,50)/p+2/b29-21+. The van der Waals surface area contributed by atoms with Crippen molar-refractivity contribution in [3.63, 3.8) is 0 Å². The highest BCUT2D eigenvalue weighted by atomic mass is 16.5. The number of carboxylic acids is 1. The van der Waals surface area contributed by atoms with Crippen LogP contribution < -0.4 is 10.5 Å². The van der Waals surface area contributed by atoms with Crippen molar-refractivity contribution in [3.05, 3.63) is 70.4 Å². The highest BCUT2D eigenvalue weighted by Crippen LogP contribution is 2.54. The van der Waals surface area contributed by atoms with Crippen molar-refractivity contribution in [1.29, 1.82) is 0 Å². The third-order valence-corrected chi connectivity index (χ3v) is 13.0. The molecule has 274 valence electrons. The molecule has 5 unspecified atom stereocenters. The molecule has 5 fully saturated rings. The average Bonchev–Trinajstić information content (AvgIpc) is 3.59. The van der Waals surface area contributed by atoms with Crippen LogP contribution in [0.5, 0.6) is 5.75 Å². The number of amides is 2. The van der Waals surface area contributed by atoms with Gasteiger partial charge in [-0.05, 0) is 66.5 Å². The van der Waals surface area contributed by atoms with Crippen molar-refractivity contribution in [1.82, 2.24) is 4.90 Å². The summed E-state index contributed by atoms with van der Waals surface area (Å²) in [4.78, 5) is 51.5. The van der Waals surface area contributed by atoms with E-state index < -0.39 is 30.1 Å². The van der Waals surface area contributed by atoms with Crippen LogP contribution in [-0.4, -0.2) is 126 Å². The highest BCUT2D eigenvalue weighted by Gasteiger charge is 2.62. The summed E-state index contributed by atoms with van der Waals surface area (Å²) < 4.78 is 13.8. The highest BCUT2D eigenvalue weighted by molar-refractivity contribution is 6.08. The minimum Gasteiger partial charge on any atom is -0.485 e. The number of hydrogen-bond acceptors (Lipinski definition) is 7. The SMILES string of the molecule is COC(=O)/C=C1/c2cc(CCC[N+]34CC[N+](CC(N)=O)(CC3)CC4)ccc2-c2c(OC3CCCC4C3=C(C(=O)O)N3C(=O)C(C(C)O)C43)cccc21. The number of hydrogen-bond donors (Lipinski definition) is 3. The molecular weight excluding hydrogens is 664 g/mol. The Kier molecular flexibility index (Phi) is 8.54. The lowest BCUT2D eigenvalue weighted by Gasteiger charge is -2.55. The maximum Gasteiger partial charge on any atom is 0.352 e. The number of nitrogens with zero attached hydrogens (tertiary/aromatic N) is 3. The fraction of sp³-hybridized carbons (Fsp3) is 0.500. The maximum atomic E-state index is 13.1. The van der Waals surface area contributed by atoms with Gasteiger partial charge in [0.15, 0.2) is 6.54 Å². The first-order valence-electron chi connectivity index (χ1n) is 18.7. The van der Waals surface area contributed by atoms with Crippen LogP contribution in [-0.2, 0) is 30.3 Å². The molecule has 2 amide bonds. The van der Waals surface area contributed by atoms with Gasteiger partial charge in [-0.1, -0.05) is 30.3 Å². The van der Waals surface area contributed by atoms with E-state index in [0.717, 1.165) is 108 Å². The van der Waals surface area contributed by atoms with Crippen LogP contribution >= 0.6 is 0 Å². The van der Waals surface area contributed by atoms with Crippen molar-refractivity contribution >= 4 is 29.3 Å². The number of esters is 1. The van der Waals surface area contributed by atoms with E-state index in [1.54, 1.807) is 6.92 Å². The van der Waals surface area contributed by atoms with Gasteiger partial charge in [0.25, 0.3) is 5.91 Å². The summed E-state index contributed by atoms with van der Waals surface area (Å²) in [5, 5.41) is 20.7. The number of carbonyl (C=O) groups is 4. The Bertz CT molecular complexity index is 1910. The Morgan fingerprint density at radius 2 is 1.75 bits per heavy atom. The normalized spacial score (nSPS) is 31.0. The summed E-state index contributed by atoms with van der Waals surface area (Å²) in [6.45, 7) is 9.34. The summed E-state index contributed by atoms with van der Waals surface area (Å²) in [7, 11) is 1.36. The van der Waals surface area contributed by atoms with E-state index >= 15 is 0 Å². The predicted molar refractivity (Wildman–Crippen MR) is 190 cm³/mol. The number of ether oxygens (including phenoxy) is 2. The maximum absolute atomic E-state index is 13.1. The van der Waals surface area contributed by atoms with Crippen molar-refractivity contribution in [2.24, 2.45) is 17.6 Å². The number of carboxylic acid groups (broad SMARTS) is 1. The molecule has 2 aromatic carbocycles. The lowest BCUT2D eigenvalue weighted by atomic mass is 9.71. The van der Waals surface area contributed by atoms with Gasteiger partial charge in [-0.25, -0.2) is 9.59 Å². The lowest BCUT2D eigenvalue weighted by molar-refractivity contribution is -1.08. The van der Waals surface area contributed by atoms with Crippen LogP contribution in [0.4, 0.5) is 0 Å². The molecule has 0 aromatic heterocycles. The second kappa shape index (κ2) is 12.9. The van der Waals surface area contributed by atoms with Crippen molar-refractivity contribution in [2.75, 3.05) is 59.5 Å². The number of nitrogens with two attached hydrogens (primary N) is 1. The molecule has 5 atom stereocenters. The number of quaternary nitrogens is 2. The first-order chi connectivity index (χ1) is 24.9. The molecule has 52 heavy (non-hydrogen) atoms. The van der Waals surface area contributed by atoms with Crippen molar-refractivity contribution < 1.29 is 47.8 Å². The Labute approximate surface area is 303 Å². The molecule has 0 radical (unpaired) electrons. The van der Waals surface area contributed by atoms with E-state index in [2.05, 4.69) is 18.2 Å². The molecular formula is C40H48N4O8+2. The number of carbonyl (C=O) groups excluding carboxylic acids is 3. The van der Waals surface area contributed by atoms with Gasteiger partial charge in [0.1, 0.15) is 56.8 Å². The van der Waals surface area contributed by atoms with E-state index in [9.17, 15) is 29.4 Å². The number of aryl methyl sites for hydroxylation is 1. The van der Waals surface area contributed by atoms with E-state index in [1.807, 2.05) is 18.2 Å². The number of β-lactam (4-membered cyclic amide) rings is 1. The summed E-state index contributed by atoms with van der Waals surface area (Å²) >= 11 is 0. The average molecular weight is 713 g/mol. The monoisotopic (exact) mass is 712 g/mol. The van der Waals surface area contributed by atoms with Crippen LogP contribution in [0, 0.1) is 11.8 Å². The molecule has 4 saturated heterocycles. The van der Waals surface area contributed by atoms with Crippen LogP contribution in [0.2, 0.25) is 0 Å². The second-order valence-electron chi connectivity index (χ2n) is 15.8. The molecule has 9 rings (SSSR count). The van der Waals surface area contributed by atoms with Gasteiger partial charge in [-0.2, -0.15) is 0 Å². The summed E-state index contributed by atoms with van der Waals surface area (Å²) in [5.74, 6) is -2.40. The molecule has 0 spiro atoms. The molecule has 1 saturated carbocycles. The summed E-state index contributed by atoms with van der Waals surface area (Å²) in [6.07, 6.45) is 4.13. The van der Waals surface area contributed by atoms with E-state index in [1.165, 1.54) is 23.6 Å². The minimum atomic E-state index is -1.16. The number of aliphatic hydroxyl groups excluding tert-OH is 1. The molecule has 12 heteroatoms. The first kappa shape index (κ1) is 34.6. The smallest absolute Gasteiger partial charge is 0.352 e. The van der Waals surface area contributed by atoms with E-state index in [-0.39, 0.29) is 29.5 Å². The number of rotatable bonds is 11. The zero-order valence-electron chi connectivity index (χ0n) is 29.9. The number of fused-ring (bicyclic) bond motifs is 9. The number of methoxy groups -OCH3 is 1. The number of primary amides is 1. The Morgan fingerprint density at radius 3 is 2.42 bits per heavy atom. The molecule has 5 aliphatic heterocycles. The number of aliphatic carboxylic acids is 1. The summed E-state index contributed by atoms with van der Waals surface area (Å²) in [5.41, 5.74) is 11.7. The molecule has 12 nitrogen and oxygen atoms in total. The first-order valence-corrected chi connectivity index (χ1v) is 18.7. The van der Waals surface area contributed by atoms with Crippen LogP contribution in [0.25, 0.3) is 16.7 Å². The van der Waals surface area contributed by atoms with Crippen LogP contribution in [0.15, 0.2) is 53.7 Å².